The summed E-state index contributed by atoms with van der Waals surface area (Å²) in [7, 11) is -3.24. The van der Waals surface area contributed by atoms with E-state index >= 15 is 0 Å². The summed E-state index contributed by atoms with van der Waals surface area (Å²) in [4.78, 5) is 14.8. The molecule has 9 nitrogen and oxygen atoms in total. The molecule has 0 bridgehead atoms. The van der Waals surface area contributed by atoms with Gasteiger partial charge in [0.25, 0.3) is 5.91 Å². The molecule has 0 N–H and O–H groups in total. The second kappa shape index (κ2) is 7.75. The second-order valence-electron chi connectivity index (χ2n) is 8.16. The largest absolute Gasteiger partial charge is 0.372 e. The molecule has 30 heavy (non-hydrogen) atoms. The fourth-order valence-corrected chi connectivity index (χ4v) is 5.09. The minimum Gasteiger partial charge on any atom is -0.372 e. The van der Waals surface area contributed by atoms with Crippen molar-refractivity contribution in [3.63, 3.8) is 0 Å². The Labute approximate surface area is 176 Å². The molecule has 3 heterocycles. The molecule has 1 aromatic carbocycles. The van der Waals surface area contributed by atoms with Gasteiger partial charge in [-0.05, 0) is 44.4 Å². The summed E-state index contributed by atoms with van der Waals surface area (Å²) in [6, 6.07) is 5.75. The van der Waals surface area contributed by atoms with Crippen molar-refractivity contribution in [2.45, 2.75) is 45.9 Å². The first-order valence-electron chi connectivity index (χ1n) is 10.1. The third-order valence-corrected chi connectivity index (χ3v) is 6.96. The van der Waals surface area contributed by atoms with Gasteiger partial charge in [0, 0.05) is 26.2 Å². The number of aromatic nitrogens is 3. The van der Waals surface area contributed by atoms with E-state index in [-0.39, 0.29) is 18.1 Å². The lowest BCUT2D eigenvalue weighted by molar-refractivity contribution is -0.0587. The highest BCUT2D eigenvalue weighted by atomic mass is 32.2. The van der Waals surface area contributed by atoms with Gasteiger partial charge in [0.05, 0.1) is 29.8 Å². The number of ether oxygens (including phenoxy) is 1. The number of hydrogen-bond donors (Lipinski definition) is 0. The lowest BCUT2D eigenvalue weighted by Gasteiger charge is -2.34. The topological polar surface area (TPSA) is 97.6 Å². The van der Waals surface area contributed by atoms with Crippen molar-refractivity contribution < 1.29 is 17.9 Å². The monoisotopic (exact) mass is 433 g/mol. The lowest BCUT2D eigenvalue weighted by Crippen LogP contribution is -2.48. The molecule has 0 saturated carbocycles. The summed E-state index contributed by atoms with van der Waals surface area (Å²) in [5.41, 5.74) is 3.84. The Bertz CT molecular complexity index is 1070. The summed E-state index contributed by atoms with van der Waals surface area (Å²) in [6.07, 6.45) is 1.77. The molecule has 162 valence electrons. The SMILES string of the molecule is Cc1c(C(=O)N2C[C@@H](C)O[C@@H](C)C2)nnn1-c1cccc2c1CCN(S(C)(=O)=O)C2. The van der Waals surface area contributed by atoms with Gasteiger partial charge in [-0.15, -0.1) is 5.10 Å². The Kier molecular flexibility index (Phi) is 5.41. The number of amides is 1. The number of hydrogen-bond acceptors (Lipinski definition) is 6. The van der Waals surface area contributed by atoms with Gasteiger partial charge in [-0.1, -0.05) is 17.3 Å². The van der Waals surface area contributed by atoms with Crippen LogP contribution in [0.3, 0.4) is 0 Å². The predicted molar refractivity (Wildman–Crippen MR) is 111 cm³/mol. The standard InChI is InChI=1S/C20H27N5O4S/c1-13-10-23(11-14(2)29-13)20(26)19-15(3)25(22-21-19)18-7-5-6-16-12-24(30(4,27)28)9-8-17(16)18/h5-7,13-14H,8-12H2,1-4H3/t13-,14+. The van der Waals surface area contributed by atoms with Gasteiger partial charge in [0.1, 0.15) is 0 Å². The average molecular weight is 434 g/mol. The molecule has 0 radical (unpaired) electrons. The van der Waals surface area contributed by atoms with Crippen molar-refractivity contribution in [2.24, 2.45) is 0 Å². The Morgan fingerprint density at radius 1 is 1.20 bits per heavy atom. The predicted octanol–water partition coefficient (Wildman–Crippen LogP) is 1.14. The van der Waals surface area contributed by atoms with Crippen LogP contribution >= 0.6 is 0 Å². The number of benzene rings is 1. The molecule has 2 aromatic rings. The fraction of sp³-hybridized carbons (Fsp3) is 0.550. The number of nitrogens with zero attached hydrogens (tertiary/aromatic N) is 5. The van der Waals surface area contributed by atoms with Crippen LogP contribution < -0.4 is 0 Å². The number of carbonyl (C=O) groups is 1. The van der Waals surface area contributed by atoms with Crippen molar-refractivity contribution >= 4 is 15.9 Å². The number of rotatable bonds is 3. The third-order valence-electron chi connectivity index (χ3n) is 5.71. The van der Waals surface area contributed by atoms with Crippen LogP contribution in [0.15, 0.2) is 18.2 Å². The first-order chi connectivity index (χ1) is 14.1. The summed E-state index contributed by atoms with van der Waals surface area (Å²) < 4.78 is 32.7. The molecular weight excluding hydrogens is 406 g/mol. The molecule has 0 spiro atoms. The van der Waals surface area contributed by atoms with Crippen LogP contribution in [0.4, 0.5) is 0 Å². The van der Waals surface area contributed by atoms with Crippen LogP contribution in [0, 0.1) is 6.92 Å². The normalized spacial score (nSPS) is 22.7. The highest BCUT2D eigenvalue weighted by molar-refractivity contribution is 7.88. The van der Waals surface area contributed by atoms with E-state index in [2.05, 4.69) is 10.3 Å². The van der Waals surface area contributed by atoms with E-state index in [4.69, 9.17) is 4.74 Å². The number of morpholine rings is 1. The fourth-order valence-electron chi connectivity index (χ4n) is 4.29. The molecule has 1 fully saturated rings. The summed E-state index contributed by atoms with van der Waals surface area (Å²) in [5, 5.41) is 8.47. The minimum atomic E-state index is -3.24. The number of fused-ring (bicyclic) bond motifs is 1. The molecule has 2 aliphatic rings. The highest BCUT2D eigenvalue weighted by Crippen LogP contribution is 2.27. The second-order valence-corrected chi connectivity index (χ2v) is 10.1. The van der Waals surface area contributed by atoms with Gasteiger partial charge in [-0.25, -0.2) is 13.1 Å². The van der Waals surface area contributed by atoms with Crippen LogP contribution in [-0.2, 0) is 27.7 Å². The van der Waals surface area contributed by atoms with Crippen molar-refractivity contribution in [1.29, 1.82) is 0 Å². The first kappa shape index (κ1) is 21.0. The molecule has 2 aliphatic heterocycles. The van der Waals surface area contributed by atoms with Crippen molar-refractivity contribution in [3.05, 3.63) is 40.7 Å². The van der Waals surface area contributed by atoms with E-state index in [1.807, 2.05) is 39.0 Å². The Hall–Kier alpha value is -2.30. The minimum absolute atomic E-state index is 0.0213. The van der Waals surface area contributed by atoms with Gasteiger partial charge < -0.3 is 9.64 Å². The average Bonchev–Trinajstić information content (AvgIpc) is 3.06. The number of sulfonamides is 1. The lowest BCUT2D eigenvalue weighted by atomic mass is 9.99. The van der Waals surface area contributed by atoms with E-state index in [0.29, 0.717) is 44.0 Å². The number of carbonyl (C=O) groups excluding carboxylic acids is 1. The molecule has 10 heteroatoms. The quantitative estimate of drug-likeness (QED) is 0.720. The van der Waals surface area contributed by atoms with Crippen molar-refractivity contribution in [3.8, 4) is 5.69 Å². The molecule has 0 aliphatic carbocycles. The van der Waals surface area contributed by atoms with Crippen LogP contribution in [0.25, 0.3) is 5.69 Å². The van der Waals surface area contributed by atoms with Crippen LogP contribution in [-0.4, -0.2) is 76.6 Å². The zero-order valence-corrected chi connectivity index (χ0v) is 18.5. The van der Waals surface area contributed by atoms with Crippen LogP contribution in [0.2, 0.25) is 0 Å². The maximum absolute atomic E-state index is 13.1. The van der Waals surface area contributed by atoms with Gasteiger partial charge in [-0.3, -0.25) is 4.79 Å². The summed E-state index contributed by atoms with van der Waals surface area (Å²) in [5.74, 6) is -0.145. The van der Waals surface area contributed by atoms with Crippen LogP contribution in [0.1, 0.15) is 41.2 Å². The van der Waals surface area contributed by atoms with Gasteiger partial charge >= 0.3 is 0 Å². The van der Waals surface area contributed by atoms with Crippen LogP contribution in [0.5, 0.6) is 0 Å². The van der Waals surface area contributed by atoms with E-state index in [1.54, 1.807) is 9.58 Å². The zero-order chi connectivity index (χ0) is 21.6. The summed E-state index contributed by atoms with van der Waals surface area (Å²) in [6.45, 7) is 7.56. The molecule has 1 aromatic heterocycles. The smallest absolute Gasteiger partial charge is 0.276 e. The van der Waals surface area contributed by atoms with Crippen molar-refractivity contribution in [1.82, 2.24) is 24.2 Å². The van der Waals surface area contributed by atoms with E-state index in [1.165, 1.54) is 10.6 Å². The van der Waals surface area contributed by atoms with E-state index in [9.17, 15) is 13.2 Å². The maximum Gasteiger partial charge on any atom is 0.276 e. The molecule has 0 unspecified atom stereocenters. The molecule has 2 atom stereocenters. The first-order valence-corrected chi connectivity index (χ1v) is 11.9. The molecule has 1 amide bonds. The van der Waals surface area contributed by atoms with Gasteiger partial charge in [0.2, 0.25) is 10.0 Å². The Morgan fingerprint density at radius 2 is 1.90 bits per heavy atom. The van der Waals surface area contributed by atoms with Gasteiger partial charge in [0.15, 0.2) is 5.69 Å². The Balaban J connectivity index is 1.65. The maximum atomic E-state index is 13.1. The molecule has 1 saturated heterocycles. The highest BCUT2D eigenvalue weighted by Gasteiger charge is 2.31. The summed E-state index contributed by atoms with van der Waals surface area (Å²) >= 11 is 0. The van der Waals surface area contributed by atoms with E-state index < -0.39 is 10.0 Å². The Morgan fingerprint density at radius 3 is 2.57 bits per heavy atom. The van der Waals surface area contributed by atoms with Gasteiger partial charge in [-0.2, -0.15) is 4.31 Å². The third kappa shape index (κ3) is 3.86. The molecule has 4 rings (SSSR count). The molecular formula is C20H27N5O4S. The van der Waals surface area contributed by atoms with Crippen molar-refractivity contribution in [2.75, 3.05) is 25.9 Å². The van der Waals surface area contributed by atoms with E-state index in [0.717, 1.165) is 16.8 Å². The zero-order valence-electron chi connectivity index (χ0n) is 17.7.